The van der Waals surface area contributed by atoms with Gasteiger partial charge in [-0.05, 0) is 49.2 Å². The number of carbonyl (C=O) groups is 1. The van der Waals surface area contributed by atoms with Gasteiger partial charge < -0.3 is 5.32 Å². The normalized spacial score (nSPS) is 13.6. The van der Waals surface area contributed by atoms with Crippen molar-refractivity contribution < 1.29 is 13.6 Å². The van der Waals surface area contributed by atoms with Crippen molar-refractivity contribution in [3.8, 4) is 11.3 Å². The minimum Gasteiger partial charge on any atom is -0.325 e. The fourth-order valence-electron chi connectivity index (χ4n) is 3.16. The van der Waals surface area contributed by atoms with Crippen LogP contribution in [0.4, 0.5) is 14.5 Å². The molecule has 122 valence electrons. The van der Waals surface area contributed by atoms with Crippen LogP contribution in [0.25, 0.3) is 22.3 Å². The fourth-order valence-corrected chi connectivity index (χ4v) is 3.16. The second kappa shape index (κ2) is 5.09. The Balaban J connectivity index is 2.01. The number of nitrogens with zero attached hydrogens (tertiary/aromatic N) is 3. The lowest BCUT2D eigenvalue weighted by Gasteiger charge is -2.10. The van der Waals surface area contributed by atoms with Crippen LogP contribution in [0.5, 0.6) is 0 Å². The fraction of sp³-hybridized carbons (Fsp3) is 0.235. The number of anilines is 1. The summed E-state index contributed by atoms with van der Waals surface area (Å²) < 4.78 is 27.7. The molecule has 2 aromatic heterocycles. The summed E-state index contributed by atoms with van der Waals surface area (Å²) in [6, 6.07) is 6.97. The lowest BCUT2D eigenvalue weighted by atomic mass is 10.0. The number of aryl methyl sites for hydroxylation is 2. The molecule has 4 rings (SSSR count). The molecule has 1 N–H and O–H groups in total. The Bertz CT molecular complexity index is 994. The largest absolute Gasteiger partial charge is 0.333 e. The average molecular weight is 328 g/mol. The van der Waals surface area contributed by atoms with Crippen molar-refractivity contribution in [2.75, 3.05) is 5.32 Å². The van der Waals surface area contributed by atoms with Crippen molar-refractivity contribution in [2.45, 2.75) is 26.8 Å². The molecule has 1 amide bonds. The number of rotatable bonds is 2. The third kappa shape index (κ3) is 2.16. The van der Waals surface area contributed by atoms with Crippen LogP contribution in [-0.4, -0.2) is 20.7 Å². The molecule has 1 aliphatic rings. The summed E-state index contributed by atoms with van der Waals surface area (Å²) in [5.41, 5.74) is 4.84. The molecule has 0 saturated carbocycles. The van der Waals surface area contributed by atoms with E-state index in [1.807, 2.05) is 6.92 Å². The summed E-state index contributed by atoms with van der Waals surface area (Å²) in [6.45, 7) is 0.875. The van der Waals surface area contributed by atoms with E-state index in [0.717, 1.165) is 22.5 Å². The zero-order valence-corrected chi connectivity index (χ0v) is 13.1. The number of hydrogen-bond donors (Lipinski definition) is 1. The molecule has 0 atom stereocenters. The number of halogens is 2. The third-order valence-corrected chi connectivity index (χ3v) is 4.17. The van der Waals surface area contributed by atoms with Gasteiger partial charge >= 0.3 is 6.55 Å². The topological polar surface area (TPSA) is 59.8 Å². The highest BCUT2D eigenvalue weighted by atomic mass is 19.3. The number of amides is 1. The molecule has 0 fully saturated rings. The molecular formula is C17H14F2N4O. The Morgan fingerprint density at radius 3 is 2.79 bits per heavy atom. The maximum Gasteiger partial charge on any atom is 0.333 e. The molecular weight excluding hydrogens is 314 g/mol. The first kappa shape index (κ1) is 14.7. The van der Waals surface area contributed by atoms with E-state index in [4.69, 9.17) is 0 Å². The van der Waals surface area contributed by atoms with Crippen LogP contribution < -0.4 is 5.32 Å². The van der Waals surface area contributed by atoms with E-state index in [1.165, 1.54) is 0 Å². The Morgan fingerprint density at radius 2 is 2.04 bits per heavy atom. The number of pyridine rings is 1. The van der Waals surface area contributed by atoms with Crippen LogP contribution >= 0.6 is 0 Å². The van der Waals surface area contributed by atoms with Gasteiger partial charge in [0, 0.05) is 16.9 Å². The monoisotopic (exact) mass is 328 g/mol. The molecule has 3 aromatic rings. The van der Waals surface area contributed by atoms with Crippen molar-refractivity contribution in [1.82, 2.24) is 14.8 Å². The molecule has 3 heterocycles. The Morgan fingerprint density at radius 1 is 1.25 bits per heavy atom. The van der Waals surface area contributed by atoms with E-state index in [9.17, 15) is 13.6 Å². The van der Waals surface area contributed by atoms with Gasteiger partial charge in [-0.25, -0.2) is 9.67 Å². The SMILES string of the molecule is Cc1ccc2nn(C(F)F)c(-c3cc(C)c4c(c3)CC(=O)N4)c2n1. The van der Waals surface area contributed by atoms with Gasteiger partial charge in [0.1, 0.15) is 16.7 Å². The maximum atomic E-state index is 13.5. The molecule has 1 aliphatic heterocycles. The zero-order chi connectivity index (χ0) is 17.0. The highest BCUT2D eigenvalue weighted by Crippen LogP contribution is 2.36. The van der Waals surface area contributed by atoms with E-state index in [1.54, 1.807) is 31.2 Å². The molecule has 0 saturated heterocycles. The predicted molar refractivity (Wildman–Crippen MR) is 86.0 cm³/mol. The quantitative estimate of drug-likeness (QED) is 0.782. The molecule has 0 bridgehead atoms. The standard InChI is InChI=1S/C17H14F2N4O/c1-8-5-11(6-10-7-13(24)21-14(8)10)16-15-12(4-3-9(2)20-15)22-23(16)17(18)19/h3-6,17H,7H2,1-2H3,(H,21,24). The van der Waals surface area contributed by atoms with Gasteiger partial charge in [-0.2, -0.15) is 13.9 Å². The minimum atomic E-state index is -2.78. The molecule has 0 spiro atoms. The maximum absolute atomic E-state index is 13.5. The number of aromatic nitrogens is 3. The molecule has 0 unspecified atom stereocenters. The molecule has 1 aromatic carbocycles. The predicted octanol–water partition coefficient (Wildman–Crippen LogP) is 3.60. The molecule has 0 radical (unpaired) electrons. The van der Waals surface area contributed by atoms with Crippen LogP contribution in [0.1, 0.15) is 23.4 Å². The van der Waals surface area contributed by atoms with Gasteiger partial charge in [0.05, 0.1) is 6.42 Å². The summed E-state index contributed by atoms with van der Waals surface area (Å²) in [5, 5.41) is 6.79. The van der Waals surface area contributed by atoms with Crippen LogP contribution in [0.15, 0.2) is 24.3 Å². The minimum absolute atomic E-state index is 0.0913. The first-order valence-electron chi connectivity index (χ1n) is 7.52. The zero-order valence-electron chi connectivity index (χ0n) is 13.1. The van der Waals surface area contributed by atoms with Crippen molar-refractivity contribution in [3.05, 3.63) is 41.1 Å². The van der Waals surface area contributed by atoms with E-state index in [2.05, 4.69) is 15.4 Å². The number of fused-ring (bicyclic) bond motifs is 2. The van der Waals surface area contributed by atoms with E-state index in [0.29, 0.717) is 21.3 Å². The van der Waals surface area contributed by atoms with Crippen molar-refractivity contribution >= 4 is 22.6 Å². The summed E-state index contributed by atoms with van der Waals surface area (Å²) in [6.07, 6.45) is 0.247. The van der Waals surface area contributed by atoms with Gasteiger partial charge in [-0.15, -0.1) is 0 Å². The van der Waals surface area contributed by atoms with Gasteiger partial charge in [0.2, 0.25) is 5.91 Å². The van der Waals surface area contributed by atoms with Crippen molar-refractivity contribution in [1.29, 1.82) is 0 Å². The molecule has 7 heteroatoms. The Labute approximate surface area is 136 Å². The number of benzene rings is 1. The summed E-state index contributed by atoms with van der Waals surface area (Å²) >= 11 is 0. The molecule has 5 nitrogen and oxygen atoms in total. The van der Waals surface area contributed by atoms with Crippen LogP contribution in [0, 0.1) is 13.8 Å². The second-order valence-electron chi connectivity index (χ2n) is 5.94. The summed E-state index contributed by atoms with van der Waals surface area (Å²) in [7, 11) is 0. The van der Waals surface area contributed by atoms with Crippen molar-refractivity contribution in [3.63, 3.8) is 0 Å². The van der Waals surface area contributed by atoms with Crippen LogP contribution in [0.3, 0.4) is 0 Å². The third-order valence-electron chi connectivity index (χ3n) is 4.17. The van der Waals surface area contributed by atoms with Gasteiger partial charge in [-0.3, -0.25) is 4.79 Å². The molecule has 24 heavy (non-hydrogen) atoms. The van der Waals surface area contributed by atoms with Gasteiger partial charge in [0.25, 0.3) is 0 Å². The average Bonchev–Trinajstić information content (AvgIpc) is 3.07. The van der Waals surface area contributed by atoms with Gasteiger partial charge in [0.15, 0.2) is 0 Å². The number of nitrogens with one attached hydrogen (secondary N) is 1. The van der Waals surface area contributed by atoms with Gasteiger partial charge in [-0.1, -0.05) is 0 Å². The summed E-state index contributed by atoms with van der Waals surface area (Å²) in [4.78, 5) is 16.0. The lowest BCUT2D eigenvalue weighted by molar-refractivity contribution is -0.115. The highest BCUT2D eigenvalue weighted by Gasteiger charge is 2.25. The number of hydrogen-bond acceptors (Lipinski definition) is 3. The first-order valence-corrected chi connectivity index (χ1v) is 7.52. The second-order valence-corrected chi connectivity index (χ2v) is 5.94. The Kier molecular flexibility index (Phi) is 3.13. The smallest absolute Gasteiger partial charge is 0.325 e. The first-order chi connectivity index (χ1) is 11.4. The number of carbonyl (C=O) groups excluding carboxylic acids is 1. The molecule has 0 aliphatic carbocycles. The Hall–Kier alpha value is -2.83. The van der Waals surface area contributed by atoms with Crippen molar-refractivity contribution in [2.24, 2.45) is 0 Å². The van der Waals surface area contributed by atoms with E-state index in [-0.39, 0.29) is 18.0 Å². The van der Waals surface area contributed by atoms with E-state index < -0.39 is 6.55 Å². The highest BCUT2D eigenvalue weighted by molar-refractivity contribution is 6.01. The number of alkyl halides is 2. The van der Waals surface area contributed by atoms with Crippen LogP contribution in [0.2, 0.25) is 0 Å². The lowest BCUT2D eigenvalue weighted by Crippen LogP contribution is -2.04. The van der Waals surface area contributed by atoms with Crippen LogP contribution in [-0.2, 0) is 11.2 Å². The summed E-state index contributed by atoms with van der Waals surface area (Å²) in [5.74, 6) is -0.0913. The van der Waals surface area contributed by atoms with E-state index >= 15 is 0 Å².